The van der Waals surface area contributed by atoms with Crippen LogP contribution in [0.15, 0.2) is 36.4 Å². The zero-order valence-corrected chi connectivity index (χ0v) is 13.2. The minimum absolute atomic E-state index is 0.307. The molecule has 3 aromatic rings. The van der Waals surface area contributed by atoms with Crippen LogP contribution >= 0.6 is 23.2 Å². The van der Waals surface area contributed by atoms with E-state index in [-0.39, 0.29) is 0 Å². The van der Waals surface area contributed by atoms with Gasteiger partial charge in [-0.2, -0.15) is 0 Å². The second-order valence-corrected chi connectivity index (χ2v) is 5.48. The van der Waals surface area contributed by atoms with Crippen molar-refractivity contribution in [1.29, 1.82) is 0 Å². The third-order valence-electron chi connectivity index (χ3n) is 3.39. The minimum Gasteiger partial charge on any atom is -0.497 e. The highest BCUT2D eigenvalue weighted by molar-refractivity contribution is 6.32. The summed E-state index contributed by atoms with van der Waals surface area (Å²) in [5, 5.41) is 0.669. The Bertz CT molecular complexity index is 811. The lowest BCUT2D eigenvalue weighted by molar-refractivity contribution is 0.415. The fourth-order valence-corrected chi connectivity index (χ4v) is 2.77. The summed E-state index contributed by atoms with van der Waals surface area (Å²) in [6.45, 7) is 2.03. The average Bonchev–Trinajstić information content (AvgIpc) is 2.87. The van der Waals surface area contributed by atoms with E-state index in [1.165, 1.54) is 0 Å². The molecule has 3 nitrogen and oxygen atoms in total. The molecule has 0 aliphatic heterocycles. The van der Waals surface area contributed by atoms with E-state index in [1.807, 2.05) is 47.9 Å². The number of nitrogens with zero attached hydrogens (tertiary/aromatic N) is 2. The molecular formula is C16H14Cl2N2O. The van der Waals surface area contributed by atoms with Crippen molar-refractivity contribution in [3.63, 3.8) is 0 Å². The van der Waals surface area contributed by atoms with Crippen molar-refractivity contribution in [2.45, 2.75) is 12.8 Å². The Morgan fingerprint density at radius 2 is 2.00 bits per heavy atom. The monoisotopic (exact) mass is 320 g/mol. The minimum atomic E-state index is 0.307. The van der Waals surface area contributed by atoms with Crippen LogP contribution in [0.4, 0.5) is 0 Å². The Kier molecular flexibility index (Phi) is 3.79. The number of hydrogen-bond acceptors (Lipinski definition) is 2. The van der Waals surface area contributed by atoms with Crippen LogP contribution in [-0.2, 0) is 5.88 Å². The normalized spacial score (nSPS) is 11.0. The summed E-state index contributed by atoms with van der Waals surface area (Å²) in [6.07, 6.45) is 0. The van der Waals surface area contributed by atoms with E-state index in [4.69, 9.17) is 27.9 Å². The van der Waals surface area contributed by atoms with Gasteiger partial charge in [-0.05, 0) is 36.8 Å². The fourth-order valence-electron chi connectivity index (χ4n) is 2.39. The highest BCUT2D eigenvalue weighted by Gasteiger charge is 2.14. The molecule has 2 aromatic carbocycles. The number of aromatic nitrogens is 2. The number of benzene rings is 2. The second kappa shape index (κ2) is 5.58. The van der Waals surface area contributed by atoms with Gasteiger partial charge in [0.2, 0.25) is 0 Å². The molecule has 108 valence electrons. The second-order valence-electron chi connectivity index (χ2n) is 4.81. The SMILES string of the molecule is COc1ccc2c(c1)nc(CCl)n2-c1cc(C)ccc1Cl. The molecule has 0 aliphatic rings. The Balaban J connectivity index is 2.32. The Morgan fingerprint density at radius 1 is 1.19 bits per heavy atom. The number of hydrogen-bond donors (Lipinski definition) is 0. The maximum Gasteiger partial charge on any atom is 0.129 e. The maximum absolute atomic E-state index is 6.36. The number of rotatable bonds is 3. The third kappa shape index (κ3) is 2.47. The molecule has 0 bridgehead atoms. The van der Waals surface area contributed by atoms with Gasteiger partial charge in [0.15, 0.2) is 0 Å². The van der Waals surface area contributed by atoms with E-state index in [0.717, 1.165) is 33.9 Å². The zero-order valence-electron chi connectivity index (χ0n) is 11.7. The molecular weight excluding hydrogens is 307 g/mol. The van der Waals surface area contributed by atoms with Crippen molar-refractivity contribution in [3.8, 4) is 11.4 Å². The first kappa shape index (κ1) is 14.2. The van der Waals surface area contributed by atoms with Gasteiger partial charge >= 0.3 is 0 Å². The van der Waals surface area contributed by atoms with Crippen LogP contribution in [0, 0.1) is 6.92 Å². The van der Waals surface area contributed by atoms with Crippen molar-refractivity contribution in [3.05, 3.63) is 52.8 Å². The van der Waals surface area contributed by atoms with E-state index >= 15 is 0 Å². The maximum atomic E-state index is 6.36. The molecule has 0 saturated heterocycles. The largest absolute Gasteiger partial charge is 0.497 e. The molecule has 0 saturated carbocycles. The van der Waals surface area contributed by atoms with Gasteiger partial charge in [-0.1, -0.05) is 17.7 Å². The standard InChI is InChI=1S/C16H14Cl2N2O/c1-10-3-5-12(18)15(7-10)20-14-6-4-11(21-2)8-13(14)19-16(20)9-17/h3-8H,9H2,1-2H3. The van der Waals surface area contributed by atoms with Crippen LogP contribution < -0.4 is 4.74 Å². The van der Waals surface area contributed by atoms with Crippen molar-refractivity contribution >= 4 is 34.2 Å². The number of alkyl halides is 1. The molecule has 21 heavy (non-hydrogen) atoms. The first-order valence-corrected chi connectivity index (χ1v) is 7.43. The van der Waals surface area contributed by atoms with E-state index in [1.54, 1.807) is 7.11 Å². The summed E-state index contributed by atoms with van der Waals surface area (Å²) in [5.74, 6) is 1.83. The molecule has 1 aromatic heterocycles. The van der Waals surface area contributed by atoms with Crippen molar-refractivity contribution in [2.75, 3.05) is 7.11 Å². The van der Waals surface area contributed by atoms with Crippen LogP contribution in [-0.4, -0.2) is 16.7 Å². The van der Waals surface area contributed by atoms with Crippen molar-refractivity contribution < 1.29 is 4.74 Å². The van der Waals surface area contributed by atoms with E-state index in [2.05, 4.69) is 4.98 Å². The molecule has 5 heteroatoms. The van der Waals surface area contributed by atoms with Gasteiger partial charge in [-0.3, -0.25) is 4.57 Å². The first-order chi connectivity index (χ1) is 10.1. The number of methoxy groups -OCH3 is 1. The van der Waals surface area contributed by atoms with Crippen LogP contribution in [0.25, 0.3) is 16.7 Å². The van der Waals surface area contributed by atoms with Gasteiger partial charge in [0.25, 0.3) is 0 Å². The molecule has 0 unspecified atom stereocenters. The molecule has 0 aliphatic carbocycles. The number of imidazole rings is 1. The predicted octanol–water partition coefficient (Wildman–Crippen LogP) is 4.73. The summed E-state index contributed by atoms with van der Waals surface area (Å²) in [5.41, 5.74) is 3.81. The van der Waals surface area contributed by atoms with Gasteiger partial charge in [0, 0.05) is 6.07 Å². The summed E-state index contributed by atoms with van der Waals surface area (Å²) < 4.78 is 7.24. The molecule has 0 fully saturated rings. The molecule has 0 amide bonds. The topological polar surface area (TPSA) is 27.1 Å². The van der Waals surface area contributed by atoms with Crippen LogP contribution in [0.3, 0.4) is 0 Å². The predicted molar refractivity (Wildman–Crippen MR) is 86.9 cm³/mol. The fraction of sp³-hybridized carbons (Fsp3) is 0.188. The third-order valence-corrected chi connectivity index (χ3v) is 3.95. The Labute approximate surface area is 133 Å². The Morgan fingerprint density at radius 3 is 2.71 bits per heavy atom. The van der Waals surface area contributed by atoms with Crippen molar-refractivity contribution in [2.24, 2.45) is 0 Å². The first-order valence-electron chi connectivity index (χ1n) is 6.52. The summed E-state index contributed by atoms with van der Waals surface area (Å²) in [7, 11) is 1.64. The highest BCUT2D eigenvalue weighted by atomic mass is 35.5. The highest BCUT2D eigenvalue weighted by Crippen LogP contribution is 2.30. The summed E-state index contributed by atoms with van der Waals surface area (Å²) >= 11 is 12.4. The molecule has 0 radical (unpaired) electrons. The zero-order chi connectivity index (χ0) is 15.0. The molecule has 0 N–H and O–H groups in total. The Hall–Kier alpha value is -1.71. The van der Waals surface area contributed by atoms with Gasteiger partial charge in [0.1, 0.15) is 11.6 Å². The van der Waals surface area contributed by atoms with E-state index in [0.29, 0.717) is 10.9 Å². The molecule has 3 rings (SSSR count). The number of fused-ring (bicyclic) bond motifs is 1. The molecule has 1 heterocycles. The van der Waals surface area contributed by atoms with Crippen LogP contribution in [0.5, 0.6) is 5.75 Å². The van der Waals surface area contributed by atoms with Gasteiger partial charge in [-0.25, -0.2) is 4.98 Å². The number of aryl methyl sites for hydroxylation is 1. The quantitative estimate of drug-likeness (QED) is 0.652. The number of ether oxygens (including phenoxy) is 1. The summed E-state index contributed by atoms with van der Waals surface area (Å²) in [4.78, 5) is 4.58. The van der Waals surface area contributed by atoms with E-state index < -0.39 is 0 Å². The van der Waals surface area contributed by atoms with Crippen molar-refractivity contribution in [1.82, 2.24) is 9.55 Å². The van der Waals surface area contributed by atoms with Crippen LogP contribution in [0.1, 0.15) is 11.4 Å². The molecule has 0 spiro atoms. The lowest BCUT2D eigenvalue weighted by Crippen LogP contribution is -2.00. The van der Waals surface area contributed by atoms with Gasteiger partial charge in [0.05, 0.1) is 34.7 Å². The summed E-state index contributed by atoms with van der Waals surface area (Å²) in [6, 6.07) is 11.7. The number of halogens is 2. The lowest BCUT2D eigenvalue weighted by atomic mass is 10.2. The average molecular weight is 321 g/mol. The smallest absolute Gasteiger partial charge is 0.129 e. The van der Waals surface area contributed by atoms with E-state index in [9.17, 15) is 0 Å². The van der Waals surface area contributed by atoms with Gasteiger partial charge in [-0.15, -0.1) is 11.6 Å². The van der Waals surface area contributed by atoms with Gasteiger partial charge < -0.3 is 4.74 Å². The van der Waals surface area contributed by atoms with Crippen LogP contribution in [0.2, 0.25) is 5.02 Å². The molecule has 0 atom stereocenters. The lowest BCUT2D eigenvalue weighted by Gasteiger charge is -2.11.